The van der Waals surface area contributed by atoms with Crippen LogP contribution in [0.15, 0.2) is 60.7 Å². The maximum atomic E-state index is 13.5. The number of rotatable bonds is 7. The van der Waals surface area contributed by atoms with Gasteiger partial charge in [-0.15, -0.1) is 0 Å². The topological polar surface area (TPSA) is 119 Å². The van der Waals surface area contributed by atoms with Crippen LogP contribution < -0.4 is 23.7 Å². The number of ether oxygens (including phenoxy) is 7. The van der Waals surface area contributed by atoms with Crippen molar-refractivity contribution in [3.8, 4) is 28.7 Å². The zero-order valence-corrected chi connectivity index (χ0v) is 21.4. The summed E-state index contributed by atoms with van der Waals surface area (Å²) < 4.78 is 40.0. The van der Waals surface area contributed by atoms with Crippen LogP contribution >= 0.6 is 0 Å². The van der Waals surface area contributed by atoms with Crippen LogP contribution in [0.4, 0.5) is 0 Å². The number of hydrogen-bond donors (Lipinski definition) is 1. The summed E-state index contributed by atoms with van der Waals surface area (Å²) in [5.74, 6) is -0.897. The predicted molar refractivity (Wildman–Crippen MR) is 134 cm³/mol. The lowest BCUT2D eigenvalue weighted by Gasteiger charge is -2.40. The fourth-order valence-electron chi connectivity index (χ4n) is 6.41. The molecule has 0 bridgehead atoms. The van der Waals surface area contributed by atoms with Crippen LogP contribution in [-0.4, -0.2) is 51.8 Å². The van der Waals surface area contributed by atoms with Crippen LogP contribution in [0.2, 0.25) is 0 Å². The van der Waals surface area contributed by atoms with Gasteiger partial charge in [-0.25, -0.2) is 0 Å². The molecule has 2 unspecified atom stereocenters. The molecule has 0 amide bonds. The van der Waals surface area contributed by atoms with Gasteiger partial charge in [-0.2, -0.15) is 0 Å². The normalized spacial score (nSPS) is 27.6. The third kappa shape index (κ3) is 3.24. The van der Waals surface area contributed by atoms with E-state index in [0.717, 1.165) is 0 Å². The summed E-state index contributed by atoms with van der Waals surface area (Å²) in [7, 11) is 4.18. The van der Waals surface area contributed by atoms with Gasteiger partial charge in [-0.05, 0) is 17.7 Å². The van der Waals surface area contributed by atoms with Crippen LogP contribution in [0.5, 0.6) is 28.7 Å². The van der Waals surface area contributed by atoms with Crippen molar-refractivity contribution in [1.82, 2.24) is 0 Å². The number of esters is 1. The molecule has 1 N–H and O–H groups in total. The van der Waals surface area contributed by atoms with Crippen molar-refractivity contribution in [2.24, 2.45) is 5.92 Å². The van der Waals surface area contributed by atoms with Gasteiger partial charge in [-0.3, -0.25) is 9.59 Å². The highest BCUT2D eigenvalue weighted by Gasteiger charge is 2.79. The van der Waals surface area contributed by atoms with Gasteiger partial charge in [0.2, 0.25) is 6.79 Å². The third-order valence-corrected chi connectivity index (χ3v) is 7.88. The first-order valence-electron chi connectivity index (χ1n) is 12.2. The van der Waals surface area contributed by atoms with Gasteiger partial charge >= 0.3 is 5.97 Å². The number of methoxy groups -OCH3 is 3. The smallest absolute Gasteiger partial charge is 0.313 e. The molecular weight excluding hydrogens is 508 g/mol. The van der Waals surface area contributed by atoms with E-state index in [-0.39, 0.29) is 30.3 Å². The van der Waals surface area contributed by atoms with Gasteiger partial charge in [0.25, 0.3) is 6.47 Å². The van der Waals surface area contributed by atoms with Crippen LogP contribution in [0, 0.1) is 5.92 Å². The number of carbonyl (C=O) groups excluding carboxylic acids is 2. The summed E-state index contributed by atoms with van der Waals surface area (Å²) in [6.45, 7) is 0.246. The average Bonchev–Trinajstić information content (AvgIpc) is 3.60. The van der Waals surface area contributed by atoms with Crippen LogP contribution in [0.1, 0.15) is 22.6 Å². The van der Waals surface area contributed by atoms with Gasteiger partial charge in [0, 0.05) is 23.6 Å². The van der Waals surface area contributed by atoms with E-state index in [1.54, 1.807) is 30.3 Å². The van der Waals surface area contributed by atoms with Crippen molar-refractivity contribution in [3.63, 3.8) is 0 Å². The van der Waals surface area contributed by atoms with Crippen molar-refractivity contribution < 1.29 is 47.9 Å². The molecule has 10 heteroatoms. The summed E-state index contributed by atoms with van der Waals surface area (Å²) in [6.07, 6.45) is -1.43. The van der Waals surface area contributed by atoms with E-state index in [2.05, 4.69) is 0 Å². The largest absolute Gasteiger partial charge is 0.496 e. The number of aliphatic hydroxyl groups is 1. The van der Waals surface area contributed by atoms with E-state index in [0.29, 0.717) is 28.4 Å². The van der Waals surface area contributed by atoms with Gasteiger partial charge in [0.05, 0.1) is 26.9 Å². The maximum Gasteiger partial charge on any atom is 0.313 e. The Morgan fingerprint density at radius 2 is 1.74 bits per heavy atom. The lowest BCUT2D eigenvalue weighted by molar-refractivity contribution is -0.177. The Balaban J connectivity index is 1.74. The minimum absolute atomic E-state index is 0.0337. The third-order valence-electron chi connectivity index (χ3n) is 7.88. The highest BCUT2D eigenvalue weighted by Crippen LogP contribution is 2.71. The first-order valence-corrected chi connectivity index (χ1v) is 12.2. The first kappa shape index (κ1) is 24.9. The van der Waals surface area contributed by atoms with Crippen LogP contribution in [-0.2, 0) is 30.3 Å². The second-order valence-electron chi connectivity index (χ2n) is 9.47. The molecule has 3 aromatic carbocycles. The van der Waals surface area contributed by atoms with Crippen LogP contribution in [0.3, 0.4) is 0 Å². The molecule has 0 aromatic heterocycles. The van der Waals surface area contributed by atoms with Crippen molar-refractivity contribution in [2.45, 2.75) is 23.2 Å². The fourth-order valence-corrected chi connectivity index (χ4v) is 6.41. The molecule has 2 aliphatic heterocycles. The molecule has 3 aromatic rings. The standard InChI is InChI=1S/C29H26O10/c1-33-18-12-21(34-2)25-22(13-18)39-29(17-9-10-19-20(11-17)38-15-37-19)24(16-7-5-4-6-8-16)23(27(31)35-3)26(36-14-30)28(25,29)32/h4-14,23-24,26,32H,15H2,1-3H3/t23?,24-,26?,28+,29+/m1/s1. The van der Waals surface area contributed by atoms with E-state index in [9.17, 15) is 14.7 Å². The Hall–Kier alpha value is -4.44. The SMILES string of the molecule is COC(=O)C1C(OC=O)[C@@]2(O)c3c(OC)cc(OC)cc3O[C@@]2(c2ccc3c(c2)OCO3)[C@@H]1c1ccccc1. The fraction of sp³-hybridized carbons (Fsp3) is 0.310. The Kier molecular flexibility index (Phi) is 5.80. The molecule has 39 heavy (non-hydrogen) atoms. The van der Waals surface area contributed by atoms with E-state index in [1.165, 1.54) is 21.3 Å². The second-order valence-corrected chi connectivity index (χ2v) is 9.47. The maximum absolute atomic E-state index is 13.5. The van der Waals surface area contributed by atoms with Gasteiger partial charge in [0.15, 0.2) is 28.8 Å². The lowest BCUT2D eigenvalue weighted by atomic mass is 9.70. The molecule has 1 aliphatic carbocycles. The second kappa shape index (κ2) is 9.09. The van der Waals surface area contributed by atoms with Gasteiger partial charge in [-0.1, -0.05) is 36.4 Å². The molecule has 1 fully saturated rings. The highest BCUT2D eigenvalue weighted by molar-refractivity contribution is 5.79. The van der Waals surface area contributed by atoms with Crippen molar-refractivity contribution in [1.29, 1.82) is 0 Å². The summed E-state index contributed by atoms with van der Waals surface area (Å²) in [4.78, 5) is 25.4. The van der Waals surface area contributed by atoms with Gasteiger partial charge < -0.3 is 38.3 Å². The molecule has 0 spiro atoms. The van der Waals surface area contributed by atoms with Gasteiger partial charge in [0.1, 0.15) is 23.2 Å². The molecule has 10 nitrogen and oxygen atoms in total. The molecule has 202 valence electrons. The zero-order valence-electron chi connectivity index (χ0n) is 21.4. The minimum Gasteiger partial charge on any atom is -0.496 e. The summed E-state index contributed by atoms with van der Waals surface area (Å²) >= 11 is 0. The van der Waals surface area contributed by atoms with E-state index in [1.807, 2.05) is 30.3 Å². The Bertz CT molecular complexity index is 1440. The monoisotopic (exact) mass is 534 g/mol. The summed E-state index contributed by atoms with van der Waals surface area (Å²) in [5, 5.41) is 13.0. The average molecular weight is 535 g/mol. The molecular formula is C29H26O10. The first-order chi connectivity index (χ1) is 18.9. The number of hydrogen-bond acceptors (Lipinski definition) is 10. The molecule has 5 atom stereocenters. The van der Waals surface area contributed by atoms with E-state index >= 15 is 0 Å². The lowest BCUT2D eigenvalue weighted by Crippen LogP contribution is -2.52. The van der Waals surface area contributed by atoms with Crippen LogP contribution in [0.25, 0.3) is 0 Å². The molecule has 6 rings (SSSR count). The van der Waals surface area contributed by atoms with E-state index < -0.39 is 35.1 Å². The number of carbonyl (C=O) groups is 2. The molecule has 0 saturated heterocycles. The molecule has 0 radical (unpaired) electrons. The minimum atomic E-state index is -2.13. The Morgan fingerprint density at radius 3 is 2.44 bits per heavy atom. The number of fused-ring (bicyclic) bond motifs is 4. The highest BCUT2D eigenvalue weighted by atomic mass is 16.7. The number of benzene rings is 3. The Morgan fingerprint density at radius 1 is 0.974 bits per heavy atom. The summed E-state index contributed by atoms with van der Waals surface area (Å²) in [5.41, 5.74) is -2.52. The molecule has 1 saturated carbocycles. The van der Waals surface area contributed by atoms with Crippen molar-refractivity contribution >= 4 is 12.4 Å². The van der Waals surface area contributed by atoms with Crippen molar-refractivity contribution in [3.05, 3.63) is 77.4 Å². The Labute approximate surface area is 223 Å². The zero-order chi connectivity index (χ0) is 27.4. The van der Waals surface area contributed by atoms with E-state index in [4.69, 9.17) is 33.2 Å². The molecule has 2 heterocycles. The quantitative estimate of drug-likeness (QED) is 0.358. The molecule has 3 aliphatic rings. The summed E-state index contributed by atoms with van der Waals surface area (Å²) in [6, 6.07) is 17.5. The predicted octanol–water partition coefficient (Wildman–Crippen LogP) is 3.04. The van der Waals surface area contributed by atoms with Crippen molar-refractivity contribution in [2.75, 3.05) is 28.1 Å².